The standard InChI is InChI=1S/C15H13NO5/c1-20-9-13(15(18)19)12-6-3-7-16-14(12)21-11-5-2-4-10(17)8-11/h2-9,17H,1H3,(H,18,19). The molecule has 6 nitrogen and oxygen atoms in total. The number of aromatic nitrogens is 1. The Morgan fingerprint density at radius 1 is 1.29 bits per heavy atom. The zero-order chi connectivity index (χ0) is 15.2. The van der Waals surface area contributed by atoms with Crippen LogP contribution in [0.5, 0.6) is 17.4 Å². The van der Waals surface area contributed by atoms with Gasteiger partial charge >= 0.3 is 5.97 Å². The van der Waals surface area contributed by atoms with Crippen molar-refractivity contribution in [2.24, 2.45) is 0 Å². The quantitative estimate of drug-likeness (QED) is 0.649. The number of benzene rings is 1. The molecule has 0 bridgehead atoms. The fourth-order valence-corrected chi connectivity index (χ4v) is 1.68. The summed E-state index contributed by atoms with van der Waals surface area (Å²) in [6, 6.07) is 9.29. The Bertz CT molecular complexity index is 681. The number of rotatable bonds is 5. The van der Waals surface area contributed by atoms with E-state index in [9.17, 15) is 15.0 Å². The first-order valence-electron chi connectivity index (χ1n) is 6.00. The van der Waals surface area contributed by atoms with E-state index in [4.69, 9.17) is 9.47 Å². The van der Waals surface area contributed by atoms with E-state index in [1.807, 2.05) is 0 Å². The summed E-state index contributed by atoms with van der Waals surface area (Å²) in [5.41, 5.74) is 0.191. The topological polar surface area (TPSA) is 88.9 Å². The van der Waals surface area contributed by atoms with Crippen LogP contribution in [0.1, 0.15) is 5.56 Å². The summed E-state index contributed by atoms with van der Waals surface area (Å²) in [7, 11) is 1.36. The van der Waals surface area contributed by atoms with Crippen LogP contribution >= 0.6 is 0 Å². The van der Waals surface area contributed by atoms with Gasteiger partial charge in [-0.1, -0.05) is 6.07 Å². The number of aromatic hydroxyl groups is 1. The highest BCUT2D eigenvalue weighted by Crippen LogP contribution is 2.29. The lowest BCUT2D eigenvalue weighted by molar-refractivity contribution is -0.130. The van der Waals surface area contributed by atoms with Gasteiger partial charge in [0.05, 0.1) is 18.9 Å². The van der Waals surface area contributed by atoms with Crippen molar-refractivity contribution in [2.75, 3.05) is 7.11 Å². The highest BCUT2D eigenvalue weighted by molar-refractivity contribution is 6.15. The van der Waals surface area contributed by atoms with E-state index in [2.05, 4.69) is 4.98 Å². The van der Waals surface area contributed by atoms with Crippen molar-refractivity contribution in [3.05, 3.63) is 54.4 Å². The minimum Gasteiger partial charge on any atom is -0.508 e. The minimum atomic E-state index is -1.16. The maximum Gasteiger partial charge on any atom is 0.339 e. The van der Waals surface area contributed by atoms with Crippen LogP contribution in [0.3, 0.4) is 0 Å². The molecule has 0 unspecified atom stereocenters. The fourth-order valence-electron chi connectivity index (χ4n) is 1.68. The number of hydrogen-bond acceptors (Lipinski definition) is 5. The van der Waals surface area contributed by atoms with Crippen molar-refractivity contribution < 1.29 is 24.5 Å². The van der Waals surface area contributed by atoms with Gasteiger partial charge in [0.15, 0.2) is 0 Å². The molecule has 108 valence electrons. The third kappa shape index (κ3) is 3.50. The molecule has 6 heteroatoms. The van der Waals surface area contributed by atoms with Gasteiger partial charge < -0.3 is 19.7 Å². The van der Waals surface area contributed by atoms with Crippen LogP contribution in [0.25, 0.3) is 5.57 Å². The van der Waals surface area contributed by atoms with Crippen molar-refractivity contribution in [3.8, 4) is 17.4 Å². The molecule has 0 saturated carbocycles. The maximum atomic E-state index is 11.3. The molecule has 0 radical (unpaired) electrons. The van der Waals surface area contributed by atoms with E-state index in [1.54, 1.807) is 24.3 Å². The molecular weight excluding hydrogens is 274 g/mol. The van der Waals surface area contributed by atoms with Gasteiger partial charge in [-0.15, -0.1) is 0 Å². The van der Waals surface area contributed by atoms with Crippen molar-refractivity contribution in [1.82, 2.24) is 4.98 Å². The summed E-state index contributed by atoms with van der Waals surface area (Å²) in [5, 5.41) is 18.6. The molecule has 2 aromatic rings. The number of carbonyl (C=O) groups is 1. The lowest BCUT2D eigenvalue weighted by Crippen LogP contribution is -2.03. The molecule has 1 aromatic carbocycles. The lowest BCUT2D eigenvalue weighted by atomic mass is 10.1. The predicted octanol–water partition coefficient (Wildman–Crippen LogP) is 2.65. The molecule has 0 fully saturated rings. The molecule has 2 N–H and O–H groups in total. The van der Waals surface area contributed by atoms with Crippen LogP contribution in [0.15, 0.2) is 48.9 Å². The minimum absolute atomic E-state index is 0.0378. The first-order valence-corrected chi connectivity index (χ1v) is 6.00. The summed E-state index contributed by atoms with van der Waals surface area (Å²) in [6.45, 7) is 0. The van der Waals surface area contributed by atoms with Crippen LogP contribution in [-0.2, 0) is 9.53 Å². The SMILES string of the molecule is COC=C(C(=O)O)c1cccnc1Oc1cccc(O)c1. The number of phenolic OH excluding ortho intramolecular Hbond substituents is 1. The number of hydrogen-bond donors (Lipinski definition) is 2. The Balaban J connectivity index is 2.41. The van der Waals surface area contributed by atoms with E-state index >= 15 is 0 Å². The Labute approximate surface area is 120 Å². The van der Waals surface area contributed by atoms with E-state index in [1.165, 1.54) is 25.4 Å². The summed E-state index contributed by atoms with van der Waals surface area (Å²) >= 11 is 0. The van der Waals surface area contributed by atoms with Crippen molar-refractivity contribution in [2.45, 2.75) is 0 Å². The molecule has 0 atom stereocenters. The van der Waals surface area contributed by atoms with Gasteiger partial charge in [0.1, 0.15) is 17.1 Å². The number of aliphatic carboxylic acids is 1. The lowest BCUT2D eigenvalue weighted by Gasteiger charge is -2.10. The summed E-state index contributed by atoms with van der Waals surface area (Å²) in [6.07, 6.45) is 2.59. The highest BCUT2D eigenvalue weighted by atomic mass is 16.5. The number of phenols is 1. The second kappa shape index (κ2) is 6.42. The van der Waals surface area contributed by atoms with Gasteiger partial charge in [0.2, 0.25) is 5.88 Å². The van der Waals surface area contributed by atoms with E-state index in [-0.39, 0.29) is 22.8 Å². The fraction of sp³-hybridized carbons (Fsp3) is 0.0667. The number of carboxylic acids is 1. The molecule has 0 saturated heterocycles. The van der Waals surface area contributed by atoms with Crippen LogP contribution in [0.2, 0.25) is 0 Å². The van der Waals surface area contributed by atoms with Gasteiger partial charge in [-0.05, 0) is 24.3 Å². The second-order valence-corrected chi connectivity index (χ2v) is 4.03. The summed E-state index contributed by atoms with van der Waals surface area (Å²) in [4.78, 5) is 15.3. The van der Waals surface area contributed by atoms with Gasteiger partial charge in [-0.25, -0.2) is 9.78 Å². The van der Waals surface area contributed by atoms with Crippen LogP contribution in [0, 0.1) is 0 Å². The predicted molar refractivity (Wildman–Crippen MR) is 75.0 cm³/mol. The van der Waals surface area contributed by atoms with Crippen LogP contribution in [0.4, 0.5) is 0 Å². The van der Waals surface area contributed by atoms with Crippen molar-refractivity contribution in [3.63, 3.8) is 0 Å². The summed E-state index contributed by atoms with van der Waals surface area (Å²) in [5.74, 6) is -0.674. The molecule has 0 spiro atoms. The molecule has 1 heterocycles. The zero-order valence-corrected chi connectivity index (χ0v) is 11.2. The van der Waals surface area contributed by atoms with Crippen molar-refractivity contribution >= 4 is 11.5 Å². The molecule has 21 heavy (non-hydrogen) atoms. The van der Waals surface area contributed by atoms with Gasteiger partial charge in [-0.3, -0.25) is 0 Å². The van der Waals surface area contributed by atoms with E-state index in [0.717, 1.165) is 6.26 Å². The smallest absolute Gasteiger partial charge is 0.339 e. The summed E-state index contributed by atoms with van der Waals surface area (Å²) < 4.78 is 10.3. The molecule has 0 aliphatic carbocycles. The van der Waals surface area contributed by atoms with E-state index < -0.39 is 5.97 Å². The number of nitrogens with zero attached hydrogens (tertiary/aromatic N) is 1. The average molecular weight is 287 g/mol. The Morgan fingerprint density at radius 2 is 2.10 bits per heavy atom. The number of carboxylic acid groups (broad SMARTS) is 1. The normalized spacial score (nSPS) is 11.0. The van der Waals surface area contributed by atoms with Gasteiger partial charge in [0, 0.05) is 12.3 Å². The number of ether oxygens (including phenoxy) is 2. The van der Waals surface area contributed by atoms with Gasteiger partial charge in [0.25, 0.3) is 0 Å². The van der Waals surface area contributed by atoms with Gasteiger partial charge in [-0.2, -0.15) is 0 Å². The third-order valence-corrected chi connectivity index (χ3v) is 2.56. The second-order valence-electron chi connectivity index (χ2n) is 4.03. The van der Waals surface area contributed by atoms with Crippen LogP contribution < -0.4 is 4.74 Å². The largest absolute Gasteiger partial charge is 0.508 e. The monoisotopic (exact) mass is 287 g/mol. The average Bonchev–Trinajstić information content (AvgIpc) is 2.45. The molecule has 0 amide bonds. The molecule has 0 aliphatic heterocycles. The third-order valence-electron chi connectivity index (χ3n) is 2.56. The maximum absolute atomic E-state index is 11.3. The number of pyridine rings is 1. The molecular formula is C15H13NO5. The first kappa shape index (κ1) is 14.4. The van der Waals surface area contributed by atoms with Crippen molar-refractivity contribution in [1.29, 1.82) is 0 Å². The molecule has 0 aliphatic rings. The molecule has 2 rings (SSSR count). The Morgan fingerprint density at radius 3 is 2.76 bits per heavy atom. The van der Waals surface area contributed by atoms with E-state index in [0.29, 0.717) is 5.75 Å². The number of methoxy groups -OCH3 is 1. The highest BCUT2D eigenvalue weighted by Gasteiger charge is 2.17. The zero-order valence-electron chi connectivity index (χ0n) is 11.2. The Hall–Kier alpha value is -3.02. The van der Waals surface area contributed by atoms with Crippen LogP contribution in [-0.4, -0.2) is 28.3 Å². The first-order chi connectivity index (χ1) is 10.1. The molecule has 1 aromatic heterocycles. The Kier molecular flexibility index (Phi) is 4.40.